The molecule has 0 heterocycles. The van der Waals surface area contributed by atoms with Gasteiger partial charge < -0.3 is 16.2 Å². The molecule has 1 aliphatic rings. The fraction of sp³-hybridized carbons (Fsp3) is 0.333. The van der Waals surface area contributed by atoms with E-state index in [1.165, 1.54) is 5.57 Å². The Labute approximate surface area is 108 Å². The summed E-state index contributed by atoms with van der Waals surface area (Å²) < 4.78 is 5.44. The molecule has 0 fully saturated rings. The van der Waals surface area contributed by atoms with E-state index in [2.05, 4.69) is 25.2 Å². The first-order valence-electron chi connectivity index (χ1n) is 6.12. The summed E-state index contributed by atoms with van der Waals surface area (Å²) >= 11 is 0. The van der Waals surface area contributed by atoms with Crippen molar-refractivity contribution in [1.29, 1.82) is 0 Å². The molecule has 2 rings (SSSR count). The van der Waals surface area contributed by atoms with Crippen LogP contribution in [0.1, 0.15) is 18.9 Å². The summed E-state index contributed by atoms with van der Waals surface area (Å²) in [7, 11) is 1.66. The van der Waals surface area contributed by atoms with Crippen LogP contribution in [0.4, 0.5) is 5.69 Å². The Morgan fingerprint density at radius 1 is 1.39 bits per heavy atom. The van der Waals surface area contributed by atoms with Crippen LogP contribution < -0.4 is 16.2 Å². The molecule has 0 bridgehead atoms. The van der Waals surface area contributed by atoms with Crippen molar-refractivity contribution in [2.24, 2.45) is 5.73 Å². The predicted molar refractivity (Wildman–Crippen MR) is 75.7 cm³/mol. The highest BCUT2D eigenvalue weighted by Crippen LogP contribution is 2.41. The lowest BCUT2D eigenvalue weighted by atomic mass is 9.73. The van der Waals surface area contributed by atoms with Crippen molar-refractivity contribution in [1.82, 2.24) is 0 Å². The molecule has 0 aromatic heterocycles. The lowest BCUT2D eigenvalue weighted by molar-refractivity contribution is 0.396. The van der Waals surface area contributed by atoms with E-state index < -0.39 is 0 Å². The quantitative estimate of drug-likeness (QED) is 0.802. The van der Waals surface area contributed by atoms with Gasteiger partial charge in [0.15, 0.2) is 0 Å². The van der Waals surface area contributed by atoms with Crippen molar-refractivity contribution >= 4 is 5.69 Å². The lowest BCUT2D eigenvalue weighted by Gasteiger charge is -2.33. The van der Waals surface area contributed by atoms with E-state index in [0.717, 1.165) is 23.4 Å². The fourth-order valence-corrected chi connectivity index (χ4v) is 2.46. The van der Waals surface area contributed by atoms with Crippen LogP contribution in [0, 0.1) is 0 Å². The summed E-state index contributed by atoms with van der Waals surface area (Å²) in [6.45, 7) is 2.60. The van der Waals surface area contributed by atoms with Gasteiger partial charge in [0.05, 0.1) is 7.11 Å². The van der Waals surface area contributed by atoms with E-state index in [1.807, 2.05) is 18.2 Å². The molecule has 1 aliphatic carbocycles. The molecule has 0 amide bonds. The Morgan fingerprint density at radius 2 is 2.17 bits per heavy atom. The molecule has 1 aromatic rings. The number of allylic oxidation sites excluding steroid dienone is 3. The normalized spacial score (nSPS) is 22.7. The number of ether oxygens (including phenoxy) is 1. The van der Waals surface area contributed by atoms with Gasteiger partial charge in [0.1, 0.15) is 5.75 Å². The first kappa shape index (κ1) is 12.7. The third kappa shape index (κ3) is 2.02. The number of methoxy groups -OCH3 is 1. The largest absolute Gasteiger partial charge is 0.496 e. The van der Waals surface area contributed by atoms with Gasteiger partial charge in [0.25, 0.3) is 0 Å². The number of hydrogen-bond donors (Lipinski definition) is 2. The summed E-state index contributed by atoms with van der Waals surface area (Å²) in [6.07, 6.45) is 7.30. The van der Waals surface area contributed by atoms with Gasteiger partial charge in [-0.25, -0.2) is 0 Å². The van der Waals surface area contributed by atoms with Gasteiger partial charge in [-0.1, -0.05) is 29.9 Å². The molecule has 1 atom stereocenters. The zero-order chi connectivity index (χ0) is 13.2. The third-order valence-corrected chi connectivity index (χ3v) is 3.59. The van der Waals surface area contributed by atoms with Crippen molar-refractivity contribution in [3.05, 3.63) is 47.6 Å². The van der Waals surface area contributed by atoms with Crippen molar-refractivity contribution in [3.8, 4) is 5.75 Å². The molecule has 3 heteroatoms. The van der Waals surface area contributed by atoms with Gasteiger partial charge in [0.2, 0.25) is 0 Å². The topological polar surface area (TPSA) is 61.3 Å². The van der Waals surface area contributed by atoms with Crippen molar-refractivity contribution in [3.63, 3.8) is 0 Å². The Kier molecular flexibility index (Phi) is 3.43. The summed E-state index contributed by atoms with van der Waals surface area (Å²) in [5, 5.41) is 0. The second-order valence-electron chi connectivity index (χ2n) is 4.77. The van der Waals surface area contributed by atoms with Crippen LogP contribution in [0.15, 0.2) is 42.0 Å². The maximum absolute atomic E-state index is 6.13. The van der Waals surface area contributed by atoms with Crippen LogP contribution in [0.2, 0.25) is 0 Å². The molecular weight excluding hydrogens is 224 g/mol. The smallest absolute Gasteiger partial charge is 0.125 e. The molecule has 3 nitrogen and oxygen atoms in total. The molecule has 0 radical (unpaired) electrons. The monoisotopic (exact) mass is 244 g/mol. The average Bonchev–Trinajstić information content (AvgIpc) is 2.40. The molecule has 0 spiro atoms. The van der Waals surface area contributed by atoms with E-state index in [9.17, 15) is 0 Å². The van der Waals surface area contributed by atoms with Gasteiger partial charge in [-0.15, -0.1) is 0 Å². The van der Waals surface area contributed by atoms with Gasteiger partial charge >= 0.3 is 0 Å². The highest BCUT2D eigenvalue weighted by atomic mass is 16.5. The van der Waals surface area contributed by atoms with Crippen LogP contribution in [0.3, 0.4) is 0 Å². The second-order valence-corrected chi connectivity index (χ2v) is 4.77. The third-order valence-electron chi connectivity index (χ3n) is 3.59. The highest BCUT2D eigenvalue weighted by Gasteiger charge is 2.33. The second kappa shape index (κ2) is 4.86. The minimum absolute atomic E-state index is 0.254. The van der Waals surface area contributed by atoms with Crippen LogP contribution in [0.25, 0.3) is 0 Å². The molecule has 18 heavy (non-hydrogen) atoms. The molecule has 0 saturated heterocycles. The molecular formula is C15H20N2O. The zero-order valence-electron chi connectivity index (χ0n) is 10.9. The predicted octanol–water partition coefficient (Wildman–Crippen LogP) is 2.38. The van der Waals surface area contributed by atoms with Gasteiger partial charge in [-0.3, -0.25) is 0 Å². The number of hydrogen-bond acceptors (Lipinski definition) is 3. The Morgan fingerprint density at radius 3 is 2.72 bits per heavy atom. The summed E-state index contributed by atoms with van der Waals surface area (Å²) in [6, 6.07) is 5.73. The van der Waals surface area contributed by atoms with Crippen molar-refractivity contribution in [2.45, 2.75) is 18.8 Å². The van der Waals surface area contributed by atoms with E-state index in [-0.39, 0.29) is 5.41 Å². The van der Waals surface area contributed by atoms with Crippen molar-refractivity contribution < 1.29 is 4.74 Å². The number of nitrogen functional groups attached to an aromatic ring is 1. The van der Waals surface area contributed by atoms with E-state index in [4.69, 9.17) is 16.2 Å². The zero-order valence-corrected chi connectivity index (χ0v) is 10.9. The summed E-state index contributed by atoms with van der Waals surface area (Å²) in [4.78, 5) is 0. The van der Waals surface area contributed by atoms with Crippen LogP contribution in [-0.4, -0.2) is 13.7 Å². The maximum atomic E-state index is 6.13. The van der Waals surface area contributed by atoms with Gasteiger partial charge in [0, 0.05) is 23.2 Å². The van der Waals surface area contributed by atoms with Gasteiger partial charge in [-0.05, 0) is 25.5 Å². The molecule has 1 aromatic carbocycles. The van der Waals surface area contributed by atoms with Gasteiger partial charge in [-0.2, -0.15) is 0 Å². The van der Waals surface area contributed by atoms with E-state index in [0.29, 0.717) is 6.54 Å². The number of rotatable bonds is 3. The van der Waals surface area contributed by atoms with E-state index >= 15 is 0 Å². The average molecular weight is 244 g/mol. The van der Waals surface area contributed by atoms with Crippen LogP contribution >= 0.6 is 0 Å². The van der Waals surface area contributed by atoms with Crippen LogP contribution in [0.5, 0.6) is 5.75 Å². The summed E-state index contributed by atoms with van der Waals surface area (Å²) in [5.41, 5.74) is 14.9. The lowest BCUT2D eigenvalue weighted by Crippen LogP contribution is -2.35. The van der Waals surface area contributed by atoms with Crippen LogP contribution in [-0.2, 0) is 5.41 Å². The SMILES string of the molecule is COc1cccc(N)c1C1(CN)C=CC(C)=CC1. The molecule has 0 aliphatic heterocycles. The molecule has 4 N–H and O–H groups in total. The summed E-state index contributed by atoms with van der Waals surface area (Å²) in [5.74, 6) is 0.804. The van der Waals surface area contributed by atoms with Crippen molar-refractivity contribution in [2.75, 3.05) is 19.4 Å². The molecule has 96 valence electrons. The first-order valence-corrected chi connectivity index (χ1v) is 6.12. The number of benzene rings is 1. The standard InChI is InChI=1S/C15H20N2O/c1-11-6-8-15(10-16,9-7-11)14-12(17)4-3-5-13(14)18-2/h3-8H,9-10,16-17H2,1-2H3. The minimum atomic E-state index is -0.254. The molecule has 0 saturated carbocycles. The Hall–Kier alpha value is -1.74. The number of anilines is 1. The Balaban J connectivity index is 2.56. The molecule has 1 unspecified atom stereocenters. The minimum Gasteiger partial charge on any atom is -0.496 e. The first-order chi connectivity index (χ1) is 8.63. The van der Waals surface area contributed by atoms with E-state index in [1.54, 1.807) is 7.11 Å². The maximum Gasteiger partial charge on any atom is 0.125 e. The highest BCUT2D eigenvalue weighted by molar-refractivity contribution is 5.61. The Bertz CT molecular complexity index is 505. The number of nitrogens with two attached hydrogens (primary N) is 2. The fourth-order valence-electron chi connectivity index (χ4n) is 2.46.